The van der Waals surface area contributed by atoms with Crippen molar-refractivity contribution < 1.29 is 4.74 Å². The Morgan fingerprint density at radius 2 is 1.67 bits per heavy atom. The summed E-state index contributed by atoms with van der Waals surface area (Å²) in [6.45, 7) is 4.23. The maximum atomic E-state index is 6.43. The van der Waals surface area contributed by atoms with Gasteiger partial charge in [-0.2, -0.15) is 0 Å². The molecule has 3 aromatic carbocycles. The van der Waals surface area contributed by atoms with Crippen molar-refractivity contribution in [3.63, 3.8) is 0 Å². The first-order valence-corrected chi connectivity index (χ1v) is 7.33. The van der Waals surface area contributed by atoms with Crippen molar-refractivity contribution in [1.29, 1.82) is 0 Å². The minimum Gasteiger partial charge on any atom is -0.496 e. The van der Waals surface area contributed by atoms with Crippen molar-refractivity contribution >= 4 is 22.4 Å². The Labute approximate surface area is 130 Å². The van der Waals surface area contributed by atoms with Crippen LogP contribution in [0.25, 0.3) is 21.9 Å². The summed E-state index contributed by atoms with van der Waals surface area (Å²) in [7, 11) is 1.70. The van der Waals surface area contributed by atoms with E-state index in [0.29, 0.717) is 0 Å². The fourth-order valence-corrected chi connectivity index (χ4v) is 3.22. The molecular weight excluding hydrogens is 280 g/mol. The van der Waals surface area contributed by atoms with E-state index < -0.39 is 0 Å². The van der Waals surface area contributed by atoms with Crippen LogP contribution in [0, 0.1) is 13.8 Å². The van der Waals surface area contributed by atoms with E-state index in [1.54, 1.807) is 7.11 Å². The zero-order valence-electron chi connectivity index (χ0n) is 12.4. The maximum Gasteiger partial charge on any atom is 0.127 e. The van der Waals surface area contributed by atoms with E-state index >= 15 is 0 Å². The van der Waals surface area contributed by atoms with Crippen LogP contribution in [-0.2, 0) is 0 Å². The van der Waals surface area contributed by atoms with Crippen molar-refractivity contribution in [3.8, 4) is 16.9 Å². The molecule has 21 heavy (non-hydrogen) atoms. The van der Waals surface area contributed by atoms with Crippen molar-refractivity contribution in [2.75, 3.05) is 7.11 Å². The maximum absolute atomic E-state index is 6.43. The number of fused-ring (bicyclic) bond motifs is 1. The third kappa shape index (κ3) is 2.28. The van der Waals surface area contributed by atoms with Gasteiger partial charge in [0.1, 0.15) is 5.75 Å². The molecule has 0 bridgehead atoms. The Kier molecular flexibility index (Phi) is 3.60. The number of halogens is 1. The highest BCUT2D eigenvalue weighted by atomic mass is 35.5. The highest BCUT2D eigenvalue weighted by Crippen LogP contribution is 2.41. The summed E-state index contributed by atoms with van der Waals surface area (Å²) >= 11 is 6.43. The Morgan fingerprint density at radius 3 is 2.38 bits per heavy atom. The molecule has 0 saturated carbocycles. The largest absolute Gasteiger partial charge is 0.496 e. The van der Waals surface area contributed by atoms with Crippen LogP contribution in [0.4, 0.5) is 0 Å². The molecule has 0 saturated heterocycles. The second-order valence-corrected chi connectivity index (χ2v) is 5.66. The molecule has 0 spiro atoms. The molecule has 106 valence electrons. The van der Waals surface area contributed by atoms with Crippen molar-refractivity contribution in [2.24, 2.45) is 0 Å². The number of hydrogen-bond donors (Lipinski definition) is 0. The van der Waals surface area contributed by atoms with Crippen LogP contribution in [0.5, 0.6) is 5.75 Å². The zero-order chi connectivity index (χ0) is 15.0. The summed E-state index contributed by atoms with van der Waals surface area (Å²) in [5.41, 5.74) is 4.83. The van der Waals surface area contributed by atoms with Gasteiger partial charge in [0.05, 0.1) is 7.11 Å². The molecule has 2 heteroatoms. The first-order chi connectivity index (χ1) is 10.1. The molecule has 0 N–H and O–H groups in total. The summed E-state index contributed by atoms with van der Waals surface area (Å²) in [6, 6.07) is 16.4. The summed E-state index contributed by atoms with van der Waals surface area (Å²) in [6.07, 6.45) is 0. The second-order valence-electron chi connectivity index (χ2n) is 5.25. The first-order valence-electron chi connectivity index (χ1n) is 6.95. The van der Waals surface area contributed by atoms with E-state index in [0.717, 1.165) is 27.1 Å². The lowest BCUT2D eigenvalue weighted by Crippen LogP contribution is -1.93. The predicted molar refractivity (Wildman–Crippen MR) is 90.4 cm³/mol. The van der Waals surface area contributed by atoms with E-state index in [4.69, 9.17) is 16.3 Å². The lowest BCUT2D eigenvalue weighted by Gasteiger charge is -2.16. The number of methoxy groups -OCH3 is 1. The third-order valence-electron chi connectivity index (χ3n) is 3.91. The fourth-order valence-electron chi connectivity index (χ4n) is 2.90. The molecule has 0 radical (unpaired) electrons. The smallest absolute Gasteiger partial charge is 0.127 e. The lowest BCUT2D eigenvalue weighted by atomic mass is 9.91. The first kappa shape index (κ1) is 14.0. The van der Waals surface area contributed by atoms with Crippen LogP contribution in [0.15, 0.2) is 48.5 Å². The van der Waals surface area contributed by atoms with Gasteiger partial charge in [-0.05, 0) is 48.2 Å². The summed E-state index contributed by atoms with van der Waals surface area (Å²) in [4.78, 5) is 0. The molecule has 0 fully saturated rings. The lowest BCUT2D eigenvalue weighted by molar-refractivity contribution is 0.420. The monoisotopic (exact) mass is 296 g/mol. The molecule has 0 aromatic heterocycles. The van der Waals surface area contributed by atoms with Crippen molar-refractivity contribution in [1.82, 2.24) is 0 Å². The quantitative estimate of drug-likeness (QED) is 0.582. The van der Waals surface area contributed by atoms with Crippen LogP contribution < -0.4 is 4.74 Å². The van der Waals surface area contributed by atoms with Crippen LogP contribution in [0.3, 0.4) is 0 Å². The number of benzene rings is 3. The molecule has 0 aliphatic rings. The van der Waals surface area contributed by atoms with E-state index in [-0.39, 0.29) is 0 Å². The van der Waals surface area contributed by atoms with E-state index in [1.165, 1.54) is 16.7 Å². The van der Waals surface area contributed by atoms with Crippen LogP contribution in [-0.4, -0.2) is 7.11 Å². The van der Waals surface area contributed by atoms with Gasteiger partial charge in [-0.3, -0.25) is 0 Å². The Hall–Kier alpha value is -1.99. The van der Waals surface area contributed by atoms with Gasteiger partial charge in [0.15, 0.2) is 0 Å². The zero-order valence-corrected chi connectivity index (χ0v) is 13.2. The number of rotatable bonds is 2. The Bertz CT molecular complexity index is 821. The van der Waals surface area contributed by atoms with E-state index in [2.05, 4.69) is 38.1 Å². The summed E-state index contributed by atoms with van der Waals surface area (Å²) in [5.74, 6) is 0.858. The summed E-state index contributed by atoms with van der Waals surface area (Å²) in [5, 5.41) is 2.87. The van der Waals surface area contributed by atoms with Gasteiger partial charge in [0.2, 0.25) is 0 Å². The van der Waals surface area contributed by atoms with Crippen molar-refractivity contribution in [3.05, 3.63) is 64.7 Å². The molecule has 3 aromatic rings. The highest BCUT2D eigenvalue weighted by Gasteiger charge is 2.15. The fraction of sp³-hybridized carbons (Fsp3) is 0.158. The average molecular weight is 297 g/mol. The number of aryl methyl sites for hydroxylation is 2. The van der Waals surface area contributed by atoms with E-state index in [1.807, 2.05) is 24.3 Å². The van der Waals surface area contributed by atoms with Gasteiger partial charge >= 0.3 is 0 Å². The minimum atomic E-state index is 0.763. The molecule has 0 atom stereocenters. The molecule has 0 aliphatic heterocycles. The average Bonchev–Trinajstić information content (AvgIpc) is 2.48. The highest BCUT2D eigenvalue weighted by molar-refractivity contribution is 6.36. The predicted octanol–water partition coefficient (Wildman–Crippen LogP) is 5.79. The van der Waals surface area contributed by atoms with Crippen LogP contribution in [0.1, 0.15) is 11.1 Å². The topological polar surface area (TPSA) is 9.23 Å². The summed E-state index contributed by atoms with van der Waals surface area (Å²) < 4.78 is 5.58. The molecule has 0 heterocycles. The second kappa shape index (κ2) is 5.42. The van der Waals surface area contributed by atoms with Crippen molar-refractivity contribution in [2.45, 2.75) is 13.8 Å². The van der Waals surface area contributed by atoms with Gasteiger partial charge in [-0.15, -0.1) is 0 Å². The van der Waals surface area contributed by atoms with Gasteiger partial charge in [0, 0.05) is 15.8 Å². The van der Waals surface area contributed by atoms with Gasteiger partial charge < -0.3 is 4.74 Å². The van der Waals surface area contributed by atoms with Crippen LogP contribution >= 0.6 is 11.6 Å². The molecule has 0 unspecified atom stereocenters. The SMILES string of the molecule is COc1cccc2c(Cl)cc(C)c(-c3ccccc3C)c12. The van der Waals surface area contributed by atoms with Gasteiger partial charge in [-0.25, -0.2) is 0 Å². The van der Waals surface area contributed by atoms with Gasteiger partial charge in [-0.1, -0.05) is 48.0 Å². The number of hydrogen-bond acceptors (Lipinski definition) is 1. The molecule has 1 nitrogen and oxygen atoms in total. The Morgan fingerprint density at radius 1 is 0.905 bits per heavy atom. The van der Waals surface area contributed by atoms with Crippen LogP contribution in [0.2, 0.25) is 5.02 Å². The minimum absolute atomic E-state index is 0.763. The molecule has 0 aliphatic carbocycles. The molecule has 0 amide bonds. The molecular formula is C19H17ClO. The van der Waals surface area contributed by atoms with E-state index in [9.17, 15) is 0 Å². The Balaban J connectivity index is 2.50. The number of ether oxygens (including phenoxy) is 1. The third-order valence-corrected chi connectivity index (χ3v) is 4.22. The molecule has 3 rings (SSSR count). The normalized spacial score (nSPS) is 10.9. The standard InChI is InChI=1S/C19H17ClO/c1-12-7-4-5-8-14(12)18-13(2)11-16(20)15-9-6-10-17(21-3)19(15)18/h4-11H,1-3H3. The van der Waals surface area contributed by atoms with Gasteiger partial charge in [0.25, 0.3) is 0 Å².